The lowest BCUT2D eigenvalue weighted by Crippen LogP contribution is -2.29. The van der Waals surface area contributed by atoms with Crippen LogP contribution in [0.5, 0.6) is 0 Å². The lowest BCUT2D eigenvalue weighted by atomic mass is 9.67. The minimum Gasteiger partial charge on any atom is -0.455 e. The molecule has 0 unspecified atom stereocenters. The number of anilines is 6. The summed E-state index contributed by atoms with van der Waals surface area (Å²) in [7, 11) is 0. The second kappa shape index (κ2) is 14.8. The molecule has 4 nitrogen and oxygen atoms in total. The van der Waals surface area contributed by atoms with Crippen molar-refractivity contribution in [3.05, 3.63) is 265 Å². The molecular formula is C61H40N2O2. The van der Waals surface area contributed by atoms with Crippen LogP contribution in [-0.2, 0) is 5.41 Å². The number of rotatable bonds is 8. The second-order valence-corrected chi connectivity index (χ2v) is 16.7. The molecule has 1 aliphatic rings. The molecule has 4 heteroatoms. The van der Waals surface area contributed by atoms with Gasteiger partial charge in [-0.25, -0.2) is 0 Å². The molecule has 10 aromatic carbocycles. The maximum absolute atomic E-state index is 7.37. The van der Waals surface area contributed by atoms with Crippen molar-refractivity contribution in [3.8, 4) is 11.1 Å². The average molecular weight is 833 g/mol. The molecule has 13 rings (SSSR count). The van der Waals surface area contributed by atoms with Gasteiger partial charge in [0.1, 0.15) is 16.7 Å². The molecular weight excluding hydrogens is 793 g/mol. The molecule has 0 radical (unpaired) electrons. The number of furan rings is 2. The van der Waals surface area contributed by atoms with Crippen LogP contribution < -0.4 is 9.80 Å². The molecule has 1 aliphatic carbocycles. The molecule has 0 fully saturated rings. The van der Waals surface area contributed by atoms with Gasteiger partial charge in [0.05, 0.1) is 22.2 Å². The van der Waals surface area contributed by atoms with Gasteiger partial charge in [-0.15, -0.1) is 0 Å². The van der Waals surface area contributed by atoms with E-state index in [4.69, 9.17) is 8.83 Å². The predicted octanol–water partition coefficient (Wildman–Crippen LogP) is 16.8. The van der Waals surface area contributed by atoms with E-state index in [0.29, 0.717) is 0 Å². The highest BCUT2D eigenvalue weighted by Gasteiger charge is 2.50. The minimum atomic E-state index is -0.825. The van der Waals surface area contributed by atoms with Crippen molar-refractivity contribution < 1.29 is 8.83 Å². The largest absolute Gasteiger partial charge is 0.455 e. The van der Waals surface area contributed by atoms with E-state index in [1.54, 1.807) is 0 Å². The Bertz CT molecular complexity index is 3580. The Labute approximate surface area is 376 Å². The van der Waals surface area contributed by atoms with Crippen molar-refractivity contribution in [2.45, 2.75) is 5.41 Å². The summed E-state index contributed by atoms with van der Waals surface area (Å²) in [5, 5.41) is 4.21. The molecule has 12 aromatic rings. The molecule has 2 heterocycles. The van der Waals surface area contributed by atoms with Gasteiger partial charge < -0.3 is 18.6 Å². The van der Waals surface area contributed by atoms with Crippen LogP contribution in [0.4, 0.5) is 34.1 Å². The number of fused-ring (bicyclic) bond motifs is 11. The lowest BCUT2D eigenvalue weighted by molar-refractivity contribution is 0.668. The van der Waals surface area contributed by atoms with Crippen LogP contribution in [0.25, 0.3) is 55.0 Å². The van der Waals surface area contributed by atoms with Crippen LogP contribution in [-0.4, -0.2) is 0 Å². The first-order chi connectivity index (χ1) is 32.3. The Morgan fingerprint density at radius 2 is 0.662 bits per heavy atom. The maximum Gasteiger partial charge on any atom is 0.160 e. The van der Waals surface area contributed by atoms with Crippen LogP contribution in [0.15, 0.2) is 251 Å². The van der Waals surface area contributed by atoms with Crippen LogP contribution in [0.3, 0.4) is 0 Å². The summed E-state index contributed by atoms with van der Waals surface area (Å²) in [6.45, 7) is 0. The van der Waals surface area contributed by atoms with Gasteiger partial charge in [0, 0.05) is 50.0 Å². The van der Waals surface area contributed by atoms with Gasteiger partial charge in [0.15, 0.2) is 5.58 Å². The van der Waals surface area contributed by atoms with Gasteiger partial charge in [-0.05, 0) is 95.1 Å². The van der Waals surface area contributed by atoms with E-state index in [2.05, 4.69) is 252 Å². The fourth-order valence-corrected chi connectivity index (χ4v) is 10.7. The molecule has 65 heavy (non-hydrogen) atoms. The van der Waals surface area contributed by atoms with Crippen molar-refractivity contribution >= 4 is 78.0 Å². The van der Waals surface area contributed by atoms with Gasteiger partial charge in [0.2, 0.25) is 0 Å². The molecule has 0 atom stereocenters. The first-order valence-electron chi connectivity index (χ1n) is 22.2. The van der Waals surface area contributed by atoms with E-state index < -0.39 is 5.41 Å². The summed E-state index contributed by atoms with van der Waals surface area (Å²) in [4.78, 5) is 4.75. The SMILES string of the molecule is c1ccc(N(c2ccccc2)c2cc3c(c4c2oc2ccccc24)-c2c(cc(N(c4ccccc4)c4ccccc4)c4c2oc2ccccc24)C3(c2ccccc2)c2ccccc2)cc1. The summed E-state index contributed by atoms with van der Waals surface area (Å²) < 4.78 is 14.6. The number of para-hydroxylation sites is 6. The third-order valence-corrected chi connectivity index (χ3v) is 13.3. The highest BCUT2D eigenvalue weighted by molar-refractivity contribution is 6.26. The third-order valence-electron chi connectivity index (χ3n) is 13.3. The Morgan fingerprint density at radius 3 is 1.14 bits per heavy atom. The average Bonchev–Trinajstić information content (AvgIpc) is 4.05. The summed E-state index contributed by atoms with van der Waals surface area (Å²) in [6.07, 6.45) is 0. The van der Waals surface area contributed by atoms with Crippen molar-refractivity contribution in [2.75, 3.05) is 9.80 Å². The first kappa shape index (κ1) is 37.0. The van der Waals surface area contributed by atoms with Gasteiger partial charge in [0.25, 0.3) is 0 Å². The first-order valence-corrected chi connectivity index (χ1v) is 22.2. The Balaban J connectivity index is 1.28. The monoisotopic (exact) mass is 832 g/mol. The summed E-state index contributed by atoms with van der Waals surface area (Å²) >= 11 is 0. The maximum atomic E-state index is 7.37. The summed E-state index contributed by atoms with van der Waals surface area (Å²) in [6, 6.07) is 86.6. The second-order valence-electron chi connectivity index (χ2n) is 16.7. The van der Waals surface area contributed by atoms with Crippen LogP contribution in [0.2, 0.25) is 0 Å². The van der Waals surface area contributed by atoms with Crippen molar-refractivity contribution in [3.63, 3.8) is 0 Å². The van der Waals surface area contributed by atoms with Gasteiger partial charge in [-0.2, -0.15) is 0 Å². The summed E-state index contributed by atoms with van der Waals surface area (Å²) in [5.74, 6) is 0. The molecule has 0 bridgehead atoms. The van der Waals surface area contributed by atoms with E-state index in [0.717, 1.165) is 111 Å². The van der Waals surface area contributed by atoms with Crippen LogP contribution in [0.1, 0.15) is 22.3 Å². The van der Waals surface area contributed by atoms with Gasteiger partial charge >= 0.3 is 0 Å². The van der Waals surface area contributed by atoms with Gasteiger partial charge in [-0.3, -0.25) is 0 Å². The zero-order chi connectivity index (χ0) is 42.9. The third kappa shape index (κ3) is 5.51. The predicted molar refractivity (Wildman–Crippen MR) is 268 cm³/mol. The lowest BCUT2D eigenvalue weighted by Gasteiger charge is -2.36. The normalized spacial score (nSPS) is 12.7. The Hall–Kier alpha value is -8.60. The van der Waals surface area contributed by atoms with E-state index in [1.165, 1.54) is 0 Å². The molecule has 0 saturated heterocycles. The zero-order valence-electron chi connectivity index (χ0n) is 35.3. The number of hydrogen-bond donors (Lipinski definition) is 0. The molecule has 2 aromatic heterocycles. The molecule has 0 saturated carbocycles. The smallest absolute Gasteiger partial charge is 0.160 e. The van der Waals surface area contributed by atoms with Crippen molar-refractivity contribution in [1.29, 1.82) is 0 Å². The highest BCUT2D eigenvalue weighted by Crippen LogP contribution is 2.64. The molecule has 306 valence electrons. The molecule has 0 N–H and O–H groups in total. The highest BCUT2D eigenvalue weighted by atomic mass is 16.3. The number of benzene rings is 10. The van der Waals surface area contributed by atoms with Crippen LogP contribution in [0, 0.1) is 0 Å². The zero-order valence-corrected chi connectivity index (χ0v) is 35.3. The minimum absolute atomic E-state index is 0.809. The van der Waals surface area contributed by atoms with Crippen molar-refractivity contribution in [2.24, 2.45) is 0 Å². The standard InChI is InChI=1S/C61H40N2O2/c1-7-23-41(24-8-1)61(42-25-9-2-10-26-42)49-40-52(63(45-31-15-5-16-32-45)46-33-17-6-18-34-46)59-56(48-36-20-22-38-54(48)64-59)57(49)58-50(61)39-51(55-47-35-19-21-37-53(47)65-60(55)58)62(43-27-11-3-12-28-43)44-29-13-4-14-30-44/h1-40H. The fourth-order valence-electron chi connectivity index (χ4n) is 10.7. The van der Waals surface area contributed by atoms with E-state index in [-0.39, 0.29) is 0 Å². The van der Waals surface area contributed by atoms with E-state index in [9.17, 15) is 0 Å². The van der Waals surface area contributed by atoms with Crippen molar-refractivity contribution in [1.82, 2.24) is 0 Å². The Kier molecular flexibility index (Phi) is 8.40. The fraction of sp³-hybridized carbons (Fsp3) is 0.0164. The quantitative estimate of drug-likeness (QED) is 0.153. The van der Waals surface area contributed by atoms with Gasteiger partial charge in [-0.1, -0.05) is 170 Å². The molecule has 0 amide bonds. The van der Waals surface area contributed by atoms with E-state index >= 15 is 0 Å². The summed E-state index contributed by atoms with van der Waals surface area (Å²) in [5.41, 5.74) is 15.4. The number of hydrogen-bond acceptors (Lipinski definition) is 4. The number of nitrogens with zero attached hydrogens (tertiary/aromatic N) is 2. The van der Waals surface area contributed by atoms with Crippen LogP contribution >= 0.6 is 0 Å². The molecule has 0 spiro atoms. The Morgan fingerprint density at radius 1 is 0.308 bits per heavy atom. The van der Waals surface area contributed by atoms with E-state index in [1.807, 2.05) is 0 Å². The topological polar surface area (TPSA) is 32.8 Å². The molecule has 0 aliphatic heterocycles.